The summed E-state index contributed by atoms with van der Waals surface area (Å²) in [4.78, 5) is 2.36. The van der Waals surface area contributed by atoms with Gasteiger partial charge in [-0.15, -0.1) is 0 Å². The van der Waals surface area contributed by atoms with Crippen molar-refractivity contribution in [1.29, 1.82) is 0 Å². The van der Waals surface area contributed by atoms with Crippen molar-refractivity contribution in [2.24, 2.45) is 0 Å². The van der Waals surface area contributed by atoms with E-state index in [1.807, 2.05) is 0 Å². The lowest BCUT2D eigenvalue weighted by molar-refractivity contribution is 0.324. The van der Waals surface area contributed by atoms with Gasteiger partial charge in [-0.25, -0.2) is 0 Å². The van der Waals surface area contributed by atoms with Gasteiger partial charge in [0.15, 0.2) is 0 Å². The van der Waals surface area contributed by atoms with Crippen LogP contribution in [0.5, 0.6) is 0 Å². The van der Waals surface area contributed by atoms with Crippen LogP contribution in [-0.2, 0) is 13.0 Å². The minimum absolute atomic E-state index is 0.629. The van der Waals surface area contributed by atoms with E-state index in [-0.39, 0.29) is 0 Å². The Morgan fingerprint density at radius 3 is 2.69 bits per heavy atom. The molecule has 16 heavy (non-hydrogen) atoms. The zero-order valence-electron chi connectivity index (χ0n) is 10.6. The summed E-state index contributed by atoms with van der Waals surface area (Å²) in [5, 5.41) is 0. The fourth-order valence-electron chi connectivity index (χ4n) is 2.26. The summed E-state index contributed by atoms with van der Waals surface area (Å²) in [6.07, 6.45) is 1.16. The quantitative estimate of drug-likeness (QED) is 0.727. The molecule has 0 N–H and O–H groups in total. The molecule has 1 aromatic rings. The lowest BCUT2D eigenvalue weighted by atomic mass is 9.93. The van der Waals surface area contributed by atoms with E-state index in [1.54, 1.807) is 0 Å². The van der Waals surface area contributed by atoms with Gasteiger partial charge in [0.1, 0.15) is 0 Å². The van der Waals surface area contributed by atoms with Gasteiger partial charge < -0.3 is 4.90 Å². The van der Waals surface area contributed by atoms with Crippen LogP contribution in [0.15, 0.2) is 30.5 Å². The van der Waals surface area contributed by atoms with E-state index in [9.17, 15) is 0 Å². The molecule has 1 heterocycles. The topological polar surface area (TPSA) is 3.24 Å². The molecule has 0 bridgehead atoms. The predicted molar refractivity (Wildman–Crippen MR) is 69.5 cm³/mol. The molecule has 1 aromatic carbocycles. The Balaban J connectivity index is 2.25. The summed E-state index contributed by atoms with van der Waals surface area (Å²) in [5.41, 5.74) is 5.64. The van der Waals surface area contributed by atoms with Crippen LogP contribution in [0.3, 0.4) is 0 Å². The summed E-state index contributed by atoms with van der Waals surface area (Å²) in [6.45, 7) is 12.8. The van der Waals surface area contributed by atoms with Crippen LogP contribution in [-0.4, -0.2) is 11.4 Å². The smallest absolute Gasteiger partial charge is 0.0429 e. The van der Waals surface area contributed by atoms with Crippen LogP contribution in [0.1, 0.15) is 43.4 Å². The van der Waals surface area contributed by atoms with Gasteiger partial charge in [-0.3, -0.25) is 0 Å². The molecular formula is C15H21N. The van der Waals surface area contributed by atoms with Gasteiger partial charge in [0.05, 0.1) is 0 Å². The number of hydrogen-bond acceptors (Lipinski definition) is 1. The van der Waals surface area contributed by atoms with Crippen molar-refractivity contribution in [3.05, 3.63) is 47.2 Å². The van der Waals surface area contributed by atoms with E-state index in [2.05, 4.69) is 50.4 Å². The highest BCUT2D eigenvalue weighted by molar-refractivity contribution is 5.35. The van der Waals surface area contributed by atoms with E-state index in [1.165, 1.54) is 22.4 Å². The van der Waals surface area contributed by atoms with Crippen molar-refractivity contribution in [3.8, 4) is 0 Å². The number of hydrogen-bond donors (Lipinski definition) is 0. The van der Waals surface area contributed by atoms with Crippen molar-refractivity contribution in [1.82, 2.24) is 4.90 Å². The van der Waals surface area contributed by atoms with Crippen LogP contribution >= 0.6 is 0 Å². The zero-order chi connectivity index (χ0) is 11.7. The number of benzene rings is 1. The Bertz CT molecular complexity index is 404. The molecule has 1 heteroatoms. The van der Waals surface area contributed by atoms with Gasteiger partial charge in [0.2, 0.25) is 0 Å². The predicted octanol–water partition coefficient (Wildman–Crippen LogP) is 3.70. The van der Waals surface area contributed by atoms with Crippen molar-refractivity contribution in [2.75, 3.05) is 6.54 Å². The van der Waals surface area contributed by atoms with E-state index in [4.69, 9.17) is 0 Å². The summed E-state index contributed by atoms with van der Waals surface area (Å²) in [6, 6.07) is 6.95. The Labute approximate surface area is 98.8 Å². The lowest BCUT2D eigenvalue weighted by Gasteiger charge is -2.31. The molecule has 2 rings (SSSR count). The Morgan fingerprint density at radius 1 is 1.31 bits per heavy atom. The van der Waals surface area contributed by atoms with Gasteiger partial charge in [0, 0.05) is 18.8 Å². The maximum atomic E-state index is 4.02. The molecule has 1 aliphatic heterocycles. The zero-order valence-corrected chi connectivity index (χ0v) is 10.6. The molecule has 0 fully saturated rings. The van der Waals surface area contributed by atoms with Gasteiger partial charge in [-0.05, 0) is 36.0 Å². The molecule has 0 radical (unpaired) electrons. The maximum absolute atomic E-state index is 4.02. The second-order valence-electron chi connectivity index (χ2n) is 5.09. The molecule has 0 unspecified atom stereocenters. The first kappa shape index (κ1) is 11.3. The van der Waals surface area contributed by atoms with Crippen LogP contribution in [0.4, 0.5) is 0 Å². The third kappa shape index (κ3) is 2.13. The number of allylic oxidation sites excluding steroid dienone is 1. The molecule has 0 atom stereocenters. The Kier molecular flexibility index (Phi) is 3.04. The van der Waals surface area contributed by atoms with Crippen molar-refractivity contribution in [3.63, 3.8) is 0 Å². The highest BCUT2D eigenvalue weighted by Gasteiger charge is 2.16. The monoisotopic (exact) mass is 215 g/mol. The van der Waals surface area contributed by atoms with Crippen LogP contribution in [0.25, 0.3) is 0 Å². The molecule has 1 nitrogen and oxygen atoms in total. The van der Waals surface area contributed by atoms with Crippen LogP contribution in [0, 0.1) is 0 Å². The van der Waals surface area contributed by atoms with E-state index >= 15 is 0 Å². The first-order valence-electron chi connectivity index (χ1n) is 6.10. The number of nitrogens with zero attached hydrogens (tertiary/aromatic N) is 1. The molecule has 0 aromatic heterocycles. The second-order valence-corrected chi connectivity index (χ2v) is 5.09. The van der Waals surface area contributed by atoms with Crippen molar-refractivity contribution in [2.45, 2.75) is 39.7 Å². The van der Waals surface area contributed by atoms with Gasteiger partial charge in [-0.2, -0.15) is 0 Å². The minimum Gasteiger partial charge on any atom is -0.371 e. The van der Waals surface area contributed by atoms with Crippen LogP contribution in [0.2, 0.25) is 0 Å². The molecule has 0 saturated heterocycles. The third-order valence-electron chi connectivity index (χ3n) is 3.45. The molecule has 0 aliphatic carbocycles. The normalized spacial score (nSPS) is 15.1. The largest absolute Gasteiger partial charge is 0.371 e. The highest BCUT2D eigenvalue weighted by Crippen LogP contribution is 2.25. The standard InChI is InChI=1S/C15H21N/c1-11(2)13-5-6-15-10-16(12(3)4)8-7-14(15)9-13/h5-6,9,11H,3,7-8,10H2,1-2,4H3. The third-order valence-corrected chi connectivity index (χ3v) is 3.45. The Morgan fingerprint density at radius 2 is 2.06 bits per heavy atom. The molecule has 0 amide bonds. The first-order valence-corrected chi connectivity index (χ1v) is 6.10. The molecular weight excluding hydrogens is 194 g/mol. The van der Waals surface area contributed by atoms with Crippen LogP contribution < -0.4 is 0 Å². The lowest BCUT2D eigenvalue weighted by Crippen LogP contribution is -2.28. The summed E-state index contributed by atoms with van der Waals surface area (Å²) >= 11 is 0. The fraction of sp³-hybridized carbons (Fsp3) is 0.467. The van der Waals surface area contributed by atoms with Gasteiger partial charge >= 0.3 is 0 Å². The van der Waals surface area contributed by atoms with Gasteiger partial charge in [-0.1, -0.05) is 38.6 Å². The maximum Gasteiger partial charge on any atom is 0.0429 e. The molecule has 0 saturated carbocycles. The number of rotatable bonds is 2. The van der Waals surface area contributed by atoms with Crippen molar-refractivity contribution >= 4 is 0 Å². The SMILES string of the molecule is C=C(C)N1CCc2cc(C(C)C)ccc2C1. The van der Waals surface area contributed by atoms with E-state index < -0.39 is 0 Å². The van der Waals surface area contributed by atoms with E-state index in [0.717, 1.165) is 19.5 Å². The average molecular weight is 215 g/mol. The average Bonchev–Trinajstić information content (AvgIpc) is 2.27. The highest BCUT2D eigenvalue weighted by atomic mass is 15.1. The number of fused-ring (bicyclic) bond motifs is 1. The summed E-state index contributed by atoms with van der Waals surface area (Å²) in [7, 11) is 0. The minimum atomic E-state index is 0.629. The molecule has 86 valence electrons. The first-order chi connectivity index (χ1) is 7.58. The van der Waals surface area contributed by atoms with Gasteiger partial charge in [0.25, 0.3) is 0 Å². The van der Waals surface area contributed by atoms with Crippen molar-refractivity contribution < 1.29 is 0 Å². The molecule has 0 spiro atoms. The summed E-state index contributed by atoms with van der Waals surface area (Å²) < 4.78 is 0. The fourth-order valence-corrected chi connectivity index (χ4v) is 2.26. The second kappa shape index (κ2) is 4.32. The Hall–Kier alpha value is -1.24. The summed E-state index contributed by atoms with van der Waals surface area (Å²) in [5.74, 6) is 0.629. The van der Waals surface area contributed by atoms with E-state index in [0.29, 0.717) is 5.92 Å². The molecule has 1 aliphatic rings.